The van der Waals surface area contributed by atoms with Gasteiger partial charge in [-0.3, -0.25) is 0 Å². The standard InChI is InChI=1S/C12H20N3O/c1-10-12(14(3)9-13(10)2)8-11-6-4-5-7-15(11)16/h7,9,11H,4-6,8H2,1-3H3/q+1. The van der Waals surface area contributed by atoms with Gasteiger partial charge >= 0.3 is 0 Å². The minimum absolute atomic E-state index is 0.126. The highest BCUT2D eigenvalue weighted by molar-refractivity contribution is 5.51. The van der Waals surface area contributed by atoms with Gasteiger partial charge in [0.25, 0.3) is 0 Å². The van der Waals surface area contributed by atoms with Crippen LogP contribution in [0.4, 0.5) is 0 Å². The predicted molar refractivity (Wildman–Crippen MR) is 62.4 cm³/mol. The van der Waals surface area contributed by atoms with E-state index in [1.54, 1.807) is 6.21 Å². The normalized spacial score (nSPS) is 20.9. The zero-order valence-corrected chi connectivity index (χ0v) is 10.3. The Morgan fingerprint density at radius 1 is 1.56 bits per heavy atom. The molecule has 16 heavy (non-hydrogen) atoms. The highest BCUT2D eigenvalue weighted by atomic mass is 16.5. The summed E-state index contributed by atoms with van der Waals surface area (Å²) in [5.41, 5.74) is 2.52. The topological polar surface area (TPSA) is 34.9 Å². The van der Waals surface area contributed by atoms with Crippen molar-refractivity contribution in [1.29, 1.82) is 0 Å². The zero-order chi connectivity index (χ0) is 11.7. The molecule has 1 atom stereocenters. The van der Waals surface area contributed by atoms with Gasteiger partial charge in [0.05, 0.1) is 20.5 Å². The van der Waals surface area contributed by atoms with E-state index < -0.39 is 0 Å². The van der Waals surface area contributed by atoms with Crippen molar-refractivity contribution in [3.63, 3.8) is 0 Å². The van der Waals surface area contributed by atoms with Gasteiger partial charge in [-0.2, -0.15) is 0 Å². The minimum Gasteiger partial charge on any atom is -0.624 e. The summed E-state index contributed by atoms with van der Waals surface area (Å²) in [4.78, 5) is 0. The Hall–Kier alpha value is -1.32. The summed E-state index contributed by atoms with van der Waals surface area (Å²) in [5, 5.41) is 11.7. The van der Waals surface area contributed by atoms with Crippen LogP contribution < -0.4 is 4.57 Å². The smallest absolute Gasteiger partial charge is 0.243 e. The average Bonchev–Trinajstić information content (AvgIpc) is 2.48. The van der Waals surface area contributed by atoms with Crippen LogP contribution in [0.15, 0.2) is 6.33 Å². The molecule has 1 aromatic heterocycles. The second kappa shape index (κ2) is 4.28. The molecule has 0 saturated heterocycles. The Bertz CT molecular complexity index is 420. The molecular weight excluding hydrogens is 202 g/mol. The number of aryl methyl sites for hydroxylation is 2. The van der Waals surface area contributed by atoms with E-state index in [9.17, 15) is 5.21 Å². The van der Waals surface area contributed by atoms with Gasteiger partial charge in [0.1, 0.15) is 5.69 Å². The zero-order valence-electron chi connectivity index (χ0n) is 10.3. The summed E-state index contributed by atoms with van der Waals surface area (Å²) >= 11 is 0. The van der Waals surface area contributed by atoms with Gasteiger partial charge in [-0.05, 0) is 6.42 Å². The number of hydroxylamine groups is 1. The van der Waals surface area contributed by atoms with Gasteiger partial charge in [-0.15, -0.1) is 0 Å². The summed E-state index contributed by atoms with van der Waals surface area (Å²) in [7, 11) is 4.09. The van der Waals surface area contributed by atoms with Crippen molar-refractivity contribution >= 4 is 6.21 Å². The van der Waals surface area contributed by atoms with E-state index in [1.807, 2.05) is 14.1 Å². The molecule has 2 heterocycles. The van der Waals surface area contributed by atoms with Crippen molar-refractivity contribution in [2.45, 2.75) is 38.6 Å². The van der Waals surface area contributed by atoms with Gasteiger partial charge in [-0.1, -0.05) is 0 Å². The first-order chi connectivity index (χ1) is 7.59. The second-order valence-corrected chi connectivity index (χ2v) is 4.70. The first-order valence-corrected chi connectivity index (χ1v) is 5.89. The molecule has 0 saturated carbocycles. The number of hydrogen-bond donors (Lipinski definition) is 0. The lowest BCUT2D eigenvalue weighted by Crippen LogP contribution is -2.36. The molecule has 0 N–H and O–H groups in total. The van der Waals surface area contributed by atoms with Gasteiger partial charge in [0.2, 0.25) is 6.33 Å². The molecule has 0 aromatic carbocycles. The third kappa shape index (κ3) is 1.96. The molecule has 88 valence electrons. The summed E-state index contributed by atoms with van der Waals surface area (Å²) in [6.07, 6.45) is 7.77. The van der Waals surface area contributed by atoms with Crippen LogP contribution in [0, 0.1) is 12.1 Å². The van der Waals surface area contributed by atoms with Crippen LogP contribution in [0.25, 0.3) is 0 Å². The lowest BCUT2D eigenvalue weighted by Gasteiger charge is -2.19. The molecule has 0 amide bonds. The van der Waals surface area contributed by atoms with E-state index in [-0.39, 0.29) is 6.04 Å². The molecule has 4 heteroatoms. The maximum Gasteiger partial charge on any atom is 0.243 e. The first kappa shape index (κ1) is 11.2. The summed E-state index contributed by atoms with van der Waals surface area (Å²) in [6.45, 7) is 2.11. The van der Waals surface area contributed by atoms with E-state index in [2.05, 4.69) is 22.4 Å². The molecule has 1 aliphatic heterocycles. The van der Waals surface area contributed by atoms with Crippen LogP contribution in [0.2, 0.25) is 0 Å². The van der Waals surface area contributed by atoms with Gasteiger partial charge in [0, 0.05) is 19.8 Å². The molecule has 0 aliphatic carbocycles. The molecule has 2 rings (SSSR count). The van der Waals surface area contributed by atoms with Crippen molar-refractivity contribution in [2.75, 3.05) is 0 Å². The fourth-order valence-corrected chi connectivity index (χ4v) is 2.43. The largest absolute Gasteiger partial charge is 0.624 e. The van der Waals surface area contributed by atoms with E-state index >= 15 is 0 Å². The average molecular weight is 222 g/mol. The van der Waals surface area contributed by atoms with E-state index in [0.29, 0.717) is 0 Å². The van der Waals surface area contributed by atoms with Crippen LogP contribution in [-0.2, 0) is 20.5 Å². The highest BCUT2D eigenvalue weighted by Crippen LogP contribution is 2.15. The minimum atomic E-state index is 0.126. The van der Waals surface area contributed by atoms with Crippen molar-refractivity contribution < 1.29 is 9.31 Å². The summed E-state index contributed by atoms with van der Waals surface area (Å²) in [5.74, 6) is 0. The molecule has 0 bridgehead atoms. The second-order valence-electron chi connectivity index (χ2n) is 4.70. The third-order valence-corrected chi connectivity index (χ3v) is 3.56. The molecule has 1 aromatic rings. The van der Waals surface area contributed by atoms with E-state index in [4.69, 9.17) is 0 Å². The van der Waals surface area contributed by atoms with Crippen molar-refractivity contribution in [1.82, 2.24) is 4.57 Å². The Morgan fingerprint density at radius 2 is 2.31 bits per heavy atom. The maximum atomic E-state index is 11.7. The van der Waals surface area contributed by atoms with Gasteiger partial charge < -0.3 is 5.21 Å². The first-order valence-electron chi connectivity index (χ1n) is 5.89. The van der Waals surface area contributed by atoms with Crippen molar-refractivity contribution in [2.24, 2.45) is 14.1 Å². The molecule has 4 nitrogen and oxygen atoms in total. The van der Waals surface area contributed by atoms with Crippen LogP contribution >= 0.6 is 0 Å². The van der Waals surface area contributed by atoms with Crippen LogP contribution in [0.5, 0.6) is 0 Å². The van der Waals surface area contributed by atoms with Crippen molar-refractivity contribution in [3.05, 3.63) is 22.9 Å². The lowest BCUT2D eigenvalue weighted by molar-refractivity contribution is -0.680. The number of nitrogens with zero attached hydrogens (tertiary/aromatic N) is 3. The molecule has 0 radical (unpaired) electrons. The van der Waals surface area contributed by atoms with Crippen LogP contribution in [0.1, 0.15) is 30.7 Å². The predicted octanol–water partition coefficient (Wildman–Crippen LogP) is 0.834. The SMILES string of the molecule is Cc1c(CC2CCCC=[N+]2[O-])[n+](C)cn1C. The van der Waals surface area contributed by atoms with Crippen LogP contribution in [0.3, 0.4) is 0 Å². The maximum absolute atomic E-state index is 11.7. The number of rotatable bonds is 2. The molecule has 0 fully saturated rings. The Balaban J connectivity index is 2.20. The Kier molecular flexibility index (Phi) is 2.99. The molecule has 1 aliphatic rings. The molecular formula is C12H20N3O+. The summed E-state index contributed by atoms with van der Waals surface area (Å²) in [6, 6.07) is 0.126. The van der Waals surface area contributed by atoms with E-state index in [1.165, 1.54) is 11.4 Å². The lowest BCUT2D eigenvalue weighted by atomic mass is 10.0. The Morgan fingerprint density at radius 3 is 2.88 bits per heavy atom. The van der Waals surface area contributed by atoms with Gasteiger partial charge in [-0.25, -0.2) is 13.9 Å². The van der Waals surface area contributed by atoms with Crippen molar-refractivity contribution in [3.8, 4) is 0 Å². The fraction of sp³-hybridized carbons (Fsp3) is 0.667. The number of imidazole rings is 1. The molecule has 0 spiro atoms. The monoisotopic (exact) mass is 222 g/mol. The fourth-order valence-electron chi connectivity index (χ4n) is 2.43. The Labute approximate surface area is 96.4 Å². The number of aromatic nitrogens is 2. The van der Waals surface area contributed by atoms with E-state index in [0.717, 1.165) is 30.4 Å². The quantitative estimate of drug-likeness (QED) is 0.539. The highest BCUT2D eigenvalue weighted by Gasteiger charge is 2.26. The summed E-state index contributed by atoms with van der Waals surface area (Å²) < 4.78 is 5.38. The number of hydrogen-bond acceptors (Lipinski definition) is 1. The third-order valence-electron chi connectivity index (χ3n) is 3.56. The molecule has 1 unspecified atom stereocenters. The van der Waals surface area contributed by atoms with Gasteiger partial charge in [0.15, 0.2) is 18.0 Å². The van der Waals surface area contributed by atoms with Crippen LogP contribution in [-0.4, -0.2) is 21.6 Å².